The number of nitrogens with zero attached hydrogens (tertiary/aromatic N) is 1. The van der Waals surface area contributed by atoms with Gasteiger partial charge in [-0.2, -0.15) is 0 Å². The molecule has 0 radical (unpaired) electrons. The average Bonchev–Trinajstić information content (AvgIpc) is 2.64. The van der Waals surface area contributed by atoms with Gasteiger partial charge in [-0.3, -0.25) is 9.59 Å². The van der Waals surface area contributed by atoms with E-state index in [2.05, 4.69) is 5.32 Å². The van der Waals surface area contributed by atoms with E-state index in [0.29, 0.717) is 19.5 Å². The normalized spacial score (nSPS) is 11.7. The maximum atomic E-state index is 12.9. The minimum absolute atomic E-state index is 0.0245. The SMILES string of the molecule is CCNC(=O)[C@@H](C)N(CCc1ccccc1)C(=O)Cc1ccc(C)cc1. The van der Waals surface area contributed by atoms with Crippen LogP contribution in [0.15, 0.2) is 54.6 Å². The molecule has 2 rings (SSSR count). The van der Waals surface area contributed by atoms with Crippen LogP contribution in [0.3, 0.4) is 0 Å². The maximum Gasteiger partial charge on any atom is 0.242 e. The van der Waals surface area contributed by atoms with E-state index < -0.39 is 6.04 Å². The number of hydrogen-bond donors (Lipinski definition) is 1. The lowest BCUT2D eigenvalue weighted by atomic mass is 10.1. The number of hydrogen-bond acceptors (Lipinski definition) is 2. The van der Waals surface area contributed by atoms with Gasteiger partial charge in [0.25, 0.3) is 0 Å². The molecule has 0 spiro atoms. The van der Waals surface area contributed by atoms with Crippen LogP contribution in [0, 0.1) is 6.92 Å². The van der Waals surface area contributed by atoms with E-state index in [9.17, 15) is 9.59 Å². The van der Waals surface area contributed by atoms with Crippen LogP contribution in [0.4, 0.5) is 0 Å². The van der Waals surface area contributed by atoms with Gasteiger partial charge in [0, 0.05) is 13.1 Å². The third-order valence-corrected chi connectivity index (χ3v) is 4.48. The number of nitrogens with one attached hydrogen (secondary N) is 1. The molecule has 0 bridgehead atoms. The average molecular weight is 352 g/mol. The Morgan fingerprint density at radius 2 is 1.65 bits per heavy atom. The molecular weight excluding hydrogens is 324 g/mol. The second-order valence-corrected chi connectivity index (χ2v) is 6.56. The minimum atomic E-state index is -0.489. The van der Waals surface area contributed by atoms with Crippen LogP contribution in [0.5, 0.6) is 0 Å². The monoisotopic (exact) mass is 352 g/mol. The summed E-state index contributed by atoms with van der Waals surface area (Å²) >= 11 is 0. The number of benzene rings is 2. The number of rotatable bonds is 8. The van der Waals surface area contributed by atoms with Gasteiger partial charge in [-0.25, -0.2) is 0 Å². The minimum Gasteiger partial charge on any atom is -0.355 e. The Morgan fingerprint density at radius 3 is 2.27 bits per heavy atom. The van der Waals surface area contributed by atoms with Crippen LogP contribution < -0.4 is 5.32 Å². The van der Waals surface area contributed by atoms with Crippen molar-refractivity contribution in [3.8, 4) is 0 Å². The summed E-state index contributed by atoms with van der Waals surface area (Å²) < 4.78 is 0. The van der Waals surface area contributed by atoms with E-state index in [1.807, 2.05) is 68.4 Å². The van der Waals surface area contributed by atoms with Crippen LogP contribution in [-0.2, 0) is 22.4 Å². The van der Waals surface area contributed by atoms with Crippen molar-refractivity contribution in [2.45, 2.75) is 39.7 Å². The quantitative estimate of drug-likeness (QED) is 0.793. The van der Waals surface area contributed by atoms with Crippen LogP contribution >= 0.6 is 0 Å². The highest BCUT2D eigenvalue weighted by Crippen LogP contribution is 2.10. The highest BCUT2D eigenvalue weighted by molar-refractivity contribution is 5.88. The first kappa shape index (κ1) is 19.7. The molecule has 0 heterocycles. The van der Waals surface area contributed by atoms with Crippen LogP contribution in [0.25, 0.3) is 0 Å². The van der Waals surface area contributed by atoms with Gasteiger partial charge < -0.3 is 10.2 Å². The Labute approximate surface area is 156 Å². The predicted octanol–water partition coefficient (Wildman–Crippen LogP) is 3.13. The molecule has 138 valence electrons. The fourth-order valence-electron chi connectivity index (χ4n) is 2.87. The summed E-state index contributed by atoms with van der Waals surface area (Å²) in [6, 6.07) is 17.5. The van der Waals surface area contributed by atoms with Gasteiger partial charge in [-0.05, 0) is 38.3 Å². The molecule has 2 aromatic rings. The molecule has 0 aliphatic heterocycles. The number of likely N-dealkylation sites (N-methyl/N-ethyl adjacent to an activating group) is 1. The first-order valence-corrected chi connectivity index (χ1v) is 9.18. The zero-order valence-electron chi connectivity index (χ0n) is 15.9. The third-order valence-electron chi connectivity index (χ3n) is 4.48. The molecular formula is C22H28N2O2. The van der Waals surface area contributed by atoms with Crippen molar-refractivity contribution in [2.75, 3.05) is 13.1 Å². The molecule has 2 aromatic carbocycles. The van der Waals surface area contributed by atoms with Crippen molar-refractivity contribution in [3.63, 3.8) is 0 Å². The number of carbonyl (C=O) groups excluding carboxylic acids is 2. The molecule has 2 amide bonds. The van der Waals surface area contributed by atoms with Crippen LogP contribution in [0.2, 0.25) is 0 Å². The van der Waals surface area contributed by atoms with Gasteiger partial charge in [-0.15, -0.1) is 0 Å². The van der Waals surface area contributed by atoms with Crippen molar-refractivity contribution in [1.29, 1.82) is 0 Å². The van der Waals surface area contributed by atoms with Gasteiger partial charge in [0.15, 0.2) is 0 Å². The van der Waals surface area contributed by atoms with Gasteiger partial charge in [0.1, 0.15) is 6.04 Å². The van der Waals surface area contributed by atoms with Crippen LogP contribution in [-0.4, -0.2) is 35.8 Å². The van der Waals surface area contributed by atoms with Crippen LogP contribution in [0.1, 0.15) is 30.5 Å². The summed E-state index contributed by atoms with van der Waals surface area (Å²) in [5.41, 5.74) is 3.29. The second kappa shape index (κ2) is 9.76. The van der Waals surface area contributed by atoms with Crippen molar-refractivity contribution in [2.24, 2.45) is 0 Å². The Morgan fingerprint density at radius 1 is 1.00 bits per heavy atom. The molecule has 0 aliphatic rings. The number of amides is 2. The lowest BCUT2D eigenvalue weighted by Gasteiger charge is -2.28. The predicted molar refractivity (Wildman–Crippen MR) is 105 cm³/mol. The van der Waals surface area contributed by atoms with Crippen molar-refractivity contribution in [3.05, 3.63) is 71.3 Å². The van der Waals surface area contributed by atoms with Gasteiger partial charge >= 0.3 is 0 Å². The fraction of sp³-hybridized carbons (Fsp3) is 0.364. The van der Waals surface area contributed by atoms with Crippen molar-refractivity contribution in [1.82, 2.24) is 10.2 Å². The summed E-state index contributed by atoms with van der Waals surface area (Å²) in [7, 11) is 0. The fourth-order valence-corrected chi connectivity index (χ4v) is 2.87. The van der Waals surface area contributed by atoms with Crippen molar-refractivity contribution >= 4 is 11.8 Å². The van der Waals surface area contributed by atoms with E-state index in [0.717, 1.165) is 23.1 Å². The molecule has 0 saturated carbocycles. The first-order chi connectivity index (χ1) is 12.5. The maximum absolute atomic E-state index is 12.9. The van der Waals surface area contributed by atoms with E-state index in [1.54, 1.807) is 11.8 Å². The Kier molecular flexibility index (Phi) is 7.39. The van der Waals surface area contributed by atoms with Gasteiger partial charge in [-0.1, -0.05) is 60.2 Å². The molecule has 1 N–H and O–H groups in total. The summed E-state index contributed by atoms with van der Waals surface area (Å²) in [5, 5.41) is 2.82. The summed E-state index contributed by atoms with van der Waals surface area (Å²) in [6.07, 6.45) is 1.03. The largest absolute Gasteiger partial charge is 0.355 e. The molecule has 0 aromatic heterocycles. The molecule has 0 unspecified atom stereocenters. The standard InChI is InChI=1S/C22H28N2O2/c1-4-23-22(26)18(3)24(15-14-19-8-6-5-7-9-19)21(25)16-20-12-10-17(2)11-13-20/h5-13,18H,4,14-16H2,1-3H3,(H,23,26)/t18-/m1/s1. The number of carbonyl (C=O) groups is 2. The lowest BCUT2D eigenvalue weighted by Crippen LogP contribution is -2.49. The summed E-state index contributed by atoms with van der Waals surface area (Å²) in [6.45, 7) is 6.78. The Hall–Kier alpha value is -2.62. The lowest BCUT2D eigenvalue weighted by molar-refractivity contribution is -0.139. The zero-order valence-corrected chi connectivity index (χ0v) is 15.9. The molecule has 1 atom stereocenters. The molecule has 4 heteroatoms. The van der Waals surface area contributed by atoms with Gasteiger partial charge in [0.2, 0.25) is 11.8 Å². The first-order valence-electron chi connectivity index (χ1n) is 9.18. The Balaban J connectivity index is 2.11. The topological polar surface area (TPSA) is 49.4 Å². The van der Waals surface area contributed by atoms with E-state index in [1.165, 1.54) is 0 Å². The molecule has 0 saturated heterocycles. The highest BCUT2D eigenvalue weighted by Gasteiger charge is 2.25. The smallest absolute Gasteiger partial charge is 0.242 e. The highest BCUT2D eigenvalue weighted by atomic mass is 16.2. The Bertz CT molecular complexity index is 711. The van der Waals surface area contributed by atoms with E-state index in [4.69, 9.17) is 0 Å². The van der Waals surface area contributed by atoms with E-state index in [-0.39, 0.29) is 11.8 Å². The second-order valence-electron chi connectivity index (χ2n) is 6.56. The number of aryl methyl sites for hydroxylation is 1. The zero-order chi connectivity index (χ0) is 18.9. The molecule has 4 nitrogen and oxygen atoms in total. The molecule has 0 fully saturated rings. The molecule has 0 aliphatic carbocycles. The summed E-state index contributed by atoms with van der Waals surface area (Å²) in [4.78, 5) is 26.9. The summed E-state index contributed by atoms with van der Waals surface area (Å²) in [5.74, 6) is -0.138. The van der Waals surface area contributed by atoms with Gasteiger partial charge in [0.05, 0.1) is 6.42 Å². The molecule has 26 heavy (non-hydrogen) atoms. The van der Waals surface area contributed by atoms with Crippen molar-refractivity contribution < 1.29 is 9.59 Å². The third kappa shape index (κ3) is 5.73. The van der Waals surface area contributed by atoms with E-state index >= 15 is 0 Å².